The largest absolute Gasteiger partial charge is 0.356 e. The third kappa shape index (κ3) is 2.64. The average Bonchev–Trinajstić information content (AvgIpc) is 2.72. The molecule has 1 unspecified atom stereocenters. The van der Waals surface area contributed by atoms with Gasteiger partial charge in [-0.25, -0.2) is 13.4 Å². The topological polar surface area (TPSA) is 76.3 Å². The van der Waals surface area contributed by atoms with E-state index in [-0.39, 0.29) is 10.3 Å². The summed E-state index contributed by atoms with van der Waals surface area (Å²) in [5.41, 5.74) is 5.90. The van der Waals surface area contributed by atoms with E-state index in [1.54, 1.807) is 12.1 Å². The third-order valence-corrected chi connectivity index (χ3v) is 4.62. The van der Waals surface area contributed by atoms with Crippen LogP contribution in [0.2, 0.25) is 0 Å². The maximum absolute atomic E-state index is 11.3. The maximum Gasteiger partial charge on any atom is 0.177 e. The second-order valence-corrected chi connectivity index (χ2v) is 7.33. The lowest BCUT2D eigenvalue weighted by Crippen LogP contribution is -2.31. The Balaban J connectivity index is 2.17. The smallest absolute Gasteiger partial charge is 0.177 e. The van der Waals surface area contributed by atoms with Gasteiger partial charge in [0, 0.05) is 25.5 Å². The number of nitrogens with zero attached hydrogens (tertiary/aromatic N) is 2. The Bertz CT molecular complexity index is 527. The van der Waals surface area contributed by atoms with Crippen LogP contribution in [0.25, 0.3) is 0 Å². The van der Waals surface area contributed by atoms with E-state index in [2.05, 4.69) is 16.8 Å². The van der Waals surface area contributed by atoms with Gasteiger partial charge in [-0.2, -0.15) is 0 Å². The predicted molar refractivity (Wildman–Crippen MR) is 71.3 cm³/mol. The van der Waals surface area contributed by atoms with Crippen molar-refractivity contribution in [1.29, 1.82) is 0 Å². The lowest BCUT2D eigenvalue weighted by Gasteiger charge is -2.23. The third-order valence-electron chi connectivity index (χ3n) is 3.52. The standard InChI is InChI=1S/C12H19N3O2S/c1-12(8-13)5-6-15(9-12)11-4-3-10(7-14-11)18(2,16)17/h3-4,7H,5-6,8-9,13H2,1-2H3. The molecule has 0 aromatic carbocycles. The summed E-state index contributed by atoms with van der Waals surface area (Å²) in [4.78, 5) is 6.64. The van der Waals surface area contributed by atoms with Gasteiger partial charge >= 0.3 is 0 Å². The summed E-state index contributed by atoms with van der Waals surface area (Å²) in [5, 5.41) is 0. The van der Waals surface area contributed by atoms with Crippen molar-refractivity contribution < 1.29 is 8.42 Å². The molecule has 2 heterocycles. The van der Waals surface area contributed by atoms with Crippen LogP contribution in [-0.2, 0) is 9.84 Å². The zero-order chi connectivity index (χ0) is 13.4. The summed E-state index contributed by atoms with van der Waals surface area (Å²) >= 11 is 0. The number of aromatic nitrogens is 1. The van der Waals surface area contributed by atoms with Gasteiger partial charge in [0.05, 0.1) is 4.90 Å². The van der Waals surface area contributed by atoms with Crippen molar-refractivity contribution in [3.8, 4) is 0 Å². The van der Waals surface area contributed by atoms with Crippen LogP contribution in [0.3, 0.4) is 0 Å². The van der Waals surface area contributed by atoms with Crippen molar-refractivity contribution in [3.63, 3.8) is 0 Å². The lowest BCUT2D eigenvalue weighted by molar-refractivity contribution is 0.383. The molecular formula is C12H19N3O2S. The lowest BCUT2D eigenvalue weighted by atomic mass is 9.90. The van der Waals surface area contributed by atoms with Gasteiger partial charge in [-0.15, -0.1) is 0 Å². The summed E-state index contributed by atoms with van der Waals surface area (Å²) in [7, 11) is -3.17. The number of nitrogens with two attached hydrogens (primary N) is 1. The number of hydrogen-bond acceptors (Lipinski definition) is 5. The van der Waals surface area contributed by atoms with Gasteiger partial charge in [-0.05, 0) is 30.5 Å². The first-order valence-corrected chi connectivity index (χ1v) is 7.84. The summed E-state index contributed by atoms with van der Waals surface area (Å²) in [6, 6.07) is 3.37. The minimum atomic E-state index is -3.17. The van der Waals surface area contributed by atoms with Crippen LogP contribution in [0.4, 0.5) is 5.82 Å². The summed E-state index contributed by atoms with van der Waals surface area (Å²) in [6.45, 7) is 4.61. The molecule has 1 aromatic rings. The van der Waals surface area contributed by atoms with Gasteiger partial charge in [0.15, 0.2) is 9.84 Å². The van der Waals surface area contributed by atoms with Crippen LogP contribution >= 0.6 is 0 Å². The molecule has 0 spiro atoms. The Morgan fingerprint density at radius 1 is 1.50 bits per heavy atom. The van der Waals surface area contributed by atoms with Crippen LogP contribution in [-0.4, -0.2) is 39.3 Å². The Morgan fingerprint density at radius 2 is 2.22 bits per heavy atom. The predicted octanol–water partition coefficient (Wildman–Crippen LogP) is 0.660. The second-order valence-electron chi connectivity index (χ2n) is 5.31. The van der Waals surface area contributed by atoms with Crippen LogP contribution in [0, 0.1) is 5.41 Å². The van der Waals surface area contributed by atoms with Crippen molar-refractivity contribution in [1.82, 2.24) is 4.98 Å². The van der Waals surface area contributed by atoms with Gasteiger partial charge in [-0.1, -0.05) is 6.92 Å². The average molecular weight is 269 g/mol. The minimum absolute atomic E-state index is 0.136. The van der Waals surface area contributed by atoms with Crippen LogP contribution in [0.1, 0.15) is 13.3 Å². The Morgan fingerprint density at radius 3 is 2.67 bits per heavy atom. The van der Waals surface area contributed by atoms with E-state index in [0.717, 1.165) is 25.3 Å². The molecule has 0 bridgehead atoms. The van der Waals surface area contributed by atoms with Crippen LogP contribution < -0.4 is 10.6 Å². The molecule has 0 saturated carbocycles. The molecule has 1 atom stereocenters. The molecule has 0 radical (unpaired) electrons. The zero-order valence-electron chi connectivity index (χ0n) is 10.8. The van der Waals surface area contributed by atoms with E-state index >= 15 is 0 Å². The molecule has 2 N–H and O–H groups in total. The molecule has 6 heteroatoms. The van der Waals surface area contributed by atoms with E-state index in [4.69, 9.17) is 5.73 Å². The highest BCUT2D eigenvalue weighted by atomic mass is 32.2. The molecule has 1 aliphatic heterocycles. The number of sulfone groups is 1. The molecule has 0 aliphatic carbocycles. The molecule has 1 saturated heterocycles. The first-order valence-electron chi connectivity index (χ1n) is 5.95. The fraction of sp³-hybridized carbons (Fsp3) is 0.583. The normalized spacial score (nSPS) is 24.5. The molecular weight excluding hydrogens is 250 g/mol. The van der Waals surface area contributed by atoms with E-state index in [1.165, 1.54) is 12.5 Å². The van der Waals surface area contributed by atoms with Crippen LogP contribution in [0.5, 0.6) is 0 Å². The van der Waals surface area contributed by atoms with E-state index in [1.807, 2.05) is 0 Å². The van der Waals surface area contributed by atoms with Gasteiger partial charge in [0.25, 0.3) is 0 Å². The van der Waals surface area contributed by atoms with Crippen molar-refractivity contribution in [2.75, 3.05) is 30.8 Å². The summed E-state index contributed by atoms with van der Waals surface area (Å²) < 4.78 is 22.7. The molecule has 1 aliphatic rings. The molecule has 2 rings (SSSR count). The molecule has 18 heavy (non-hydrogen) atoms. The van der Waals surface area contributed by atoms with Crippen molar-refractivity contribution >= 4 is 15.7 Å². The van der Waals surface area contributed by atoms with Crippen molar-refractivity contribution in [2.24, 2.45) is 11.1 Å². The first kappa shape index (κ1) is 13.3. The Hall–Kier alpha value is -1.14. The highest BCUT2D eigenvalue weighted by Crippen LogP contribution is 2.31. The van der Waals surface area contributed by atoms with Crippen molar-refractivity contribution in [3.05, 3.63) is 18.3 Å². The summed E-state index contributed by atoms with van der Waals surface area (Å²) in [5.74, 6) is 0.819. The van der Waals surface area contributed by atoms with E-state index < -0.39 is 9.84 Å². The monoisotopic (exact) mass is 269 g/mol. The summed E-state index contributed by atoms with van der Waals surface area (Å²) in [6.07, 6.45) is 3.65. The number of pyridine rings is 1. The Kier molecular flexibility index (Phi) is 3.33. The highest BCUT2D eigenvalue weighted by Gasteiger charge is 2.33. The van der Waals surface area contributed by atoms with E-state index in [0.29, 0.717) is 6.54 Å². The van der Waals surface area contributed by atoms with Gasteiger partial charge in [-0.3, -0.25) is 0 Å². The molecule has 1 fully saturated rings. The second kappa shape index (κ2) is 4.51. The Labute approximate surface area is 108 Å². The number of rotatable bonds is 3. The molecule has 5 nitrogen and oxygen atoms in total. The van der Waals surface area contributed by atoms with E-state index in [9.17, 15) is 8.42 Å². The first-order chi connectivity index (χ1) is 8.34. The number of hydrogen-bond donors (Lipinski definition) is 1. The van der Waals surface area contributed by atoms with Crippen LogP contribution in [0.15, 0.2) is 23.2 Å². The van der Waals surface area contributed by atoms with Gasteiger partial charge in [0.1, 0.15) is 5.82 Å². The van der Waals surface area contributed by atoms with Gasteiger partial charge < -0.3 is 10.6 Å². The minimum Gasteiger partial charge on any atom is -0.356 e. The molecule has 1 aromatic heterocycles. The quantitative estimate of drug-likeness (QED) is 0.872. The SMILES string of the molecule is CC1(CN)CCN(c2ccc(S(C)(=O)=O)cn2)C1. The van der Waals surface area contributed by atoms with Gasteiger partial charge in [0.2, 0.25) is 0 Å². The molecule has 100 valence electrons. The van der Waals surface area contributed by atoms with Crippen molar-refractivity contribution in [2.45, 2.75) is 18.2 Å². The number of anilines is 1. The highest BCUT2D eigenvalue weighted by molar-refractivity contribution is 7.90. The zero-order valence-corrected chi connectivity index (χ0v) is 11.6. The molecule has 0 amide bonds. The fourth-order valence-corrected chi connectivity index (χ4v) is 2.72. The maximum atomic E-state index is 11.3. The fourth-order valence-electron chi connectivity index (χ4n) is 2.16.